The van der Waals surface area contributed by atoms with E-state index in [-0.39, 0.29) is 11.5 Å². The Balaban J connectivity index is 1.37. The number of aryl methyl sites for hydroxylation is 1. The zero-order valence-electron chi connectivity index (χ0n) is 17.3. The van der Waals surface area contributed by atoms with Crippen molar-refractivity contribution in [1.29, 1.82) is 0 Å². The number of piperidine rings is 1. The van der Waals surface area contributed by atoms with Gasteiger partial charge in [-0.25, -0.2) is 23.1 Å². The molecule has 5 nitrogen and oxygen atoms in total. The van der Waals surface area contributed by atoms with Gasteiger partial charge in [-0.2, -0.15) is 0 Å². The standard InChI is InChI=1S/C23H24F3N5/c1-13-10-19-20(12-27-13)30-23(22(29-19)28-16-3-4-16)31-8-6-14(7-9-31)21(26)17-11-15(24)2-5-18(17)25/h2,5,10-12,14,16,21H,3-4,6-9H2,1H3,(H,28,29)/t21-/m1/s1. The van der Waals surface area contributed by atoms with Crippen LogP contribution in [0.3, 0.4) is 0 Å². The maximum absolute atomic E-state index is 15.0. The molecule has 0 radical (unpaired) electrons. The highest BCUT2D eigenvalue weighted by atomic mass is 19.1. The van der Waals surface area contributed by atoms with E-state index in [4.69, 9.17) is 9.97 Å². The summed E-state index contributed by atoms with van der Waals surface area (Å²) < 4.78 is 42.5. The molecule has 0 amide bonds. The summed E-state index contributed by atoms with van der Waals surface area (Å²) in [6.07, 6.45) is 3.45. The topological polar surface area (TPSA) is 53.9 Å². The van der Waals surface area contributed by atoms with Gasteiger partial charge in [0.25, 0.3) is 0 Å². The minimum Gasteiger partial charge on any atom is -0.364 e. The van der Waals surface area contributed by atoms with Crippen LogP contribution >= 0.6 is 0 Å². The molecule has 8 heteroatoms. The summed E-state index contributed by atoms with van der Waals surface area (Å²) in [7, 11) is 0. The molecule has 3 heterocycles. The van der Waals surface area contributed by atoms with Gasteiger partial charge in [-0.3, -0.25) is 4.98 Å². The number of nitrogens with one attached hydrogen (secondary N) is 1. The Labute approximate surface area is 178 Å². The van der Waals surface area contributed by atoms with Crippen molar-refractivity contribution >= 4 is 22.7 Å². The highest BCUT2D eigenvalue weighted by Crippen LogP contribution is 2.38. The Hall–Kier alpha value is -2.90. The first-order valence-corrected chi connectivity index (χ1v) is 10.7. The zero-order chi connectivity index (χ0) is 21.5. The van der Waals surface area contributed by atoms with E-state index in [1.54, 1.807) is 6.20 Å². The van der Waals surface area contributed by atoms with Crippen LogP contribution in [0.15, 0.2) is 30.5 Å². The Morgan fingerprint density at radius 2 is 1.81 bits per heavy atom. The van der Waals surface area contributed by atoms with Gasteiger partial charge in [-0.15, -0.1) is 0 Å². The molecular formula is C23H24F3N5. The van der Waals surface area contributed by atoms with Crippen LogP contribution in [0.2, 0.25) is 0 Å². The summed E-state index contributed by atoms with van der Waals surface area (Å²) in [5.41, 5.74) is 2.20. The number of fused-ring (bicyclic) bond motifs is 1. The third-order valence-corrected chi connectivity index (χ3v) is 6.10. The lowest BCUT2D eigenvalue weighted by Gasteiger charge is -2.35. The lowest BCUT2D eigenvalue weighted by molar-refractivity contribution is 0.193. The van der Waals surface area contributed by atoms with Gasteiger partial charge in [0, 0.05) is 30.4 Å². The third-order valence-electron chi connectivity index (χ3n) is 6.10. The first kappa shape index (κ1) is 20.0. The molecule has 2 aliphatic rings. The average Bonchev–Trinajstić information content (AvgIpc) is 3.59. The number of aromatic nitrogens is 3. The van der Waals surface area contributed by atoms with Crippen molar-refractivity contribution in [2.45, 2.75) is 44.8 Å². The molecule has 1 aromatic carbocycles. The van der Waals surface area contributed by atoms with Crippen LogP contribution in [0.5, 0.6) is 0 Å². The van der Waals surface area contributed by atoms with Gasteiger partial charge < -0.3 is 10.2 Å². The quantitative estimate of drug-likeness (QED) is 0.613. The molecule has 0 unspecified atom stereocenters. The summed E-state index contributed by atoms with van der Waals surface area (Å²) in [6, 6.07) is 5.29. The van der Waals surface area contributed by atoms with Crippen molar-refractivity contribution < 1.29 is 13.2 Å². The van der Waals surface area contributed by atoms with Crippen LogP contribution in [-0.2, 0) is 0 Å². The van der Waals surface area contributed by atoms with Gasteiger partial charge in [-0.05, 0) is 62.8 Å². The average molecular weight is 427 g/mol. The van der Waals surface area contributed by atoms with E-state index < -0.39 is 17.8 Å². The van der Waals surface area contributed by atoms with Crippen LogP contribution < -0.4 is 10.2 Å². The molecule has 1 saturated heterocycles. The van der Waals surface area contributed by atoms with Gasteiger partial charge in [0.1, 0.15) is 23.3 Å². The van der Waals surface area contributed by atoms with Crippen molar-refractivity contribution in [3.05, 3.63) is 53.4 Å². The van der Waals surface area contributed by atoms with Crippen molar-refractivity contribution in [1.82, 2.24) is 15.0 Å². The number of anilines is 2. The molecule has 1 aliphatic carbocycles. The van der Waals surface area contributed by atoms with Crippen LogP contribution in [0.1, 0.15) is 43.1 Å². The zero-order valence-corrected chi connectivity index (χ0v) is 17.3. The molecule has 3 aromatic rings. The fourth-order valence-electron chi connectivity index (χ4n) is 4.17. The maximum Gasteiger partial charge on any atom is 0.172 e. The maximum atomic E-state index is 15.0. The Kier molecular flexibility index (Phi) is 5.16. The predicted octanol–water partition coefficient (Wildman–Crippen LogP) is 5.11. The Bertz CT molecular complexity index is 1110. The monoisotopic (exact) mass is 427 g/mol. The largest absolute Gasteiger partial charge is 0.364 e. The molecule has 1 N–H and O–H groups in total. The predicted molar refractivity (Wildman–Crippen MR) is 114 cm³/mol. The lowest BCUT2D eigenvalue weighted by atomic mass is 9.88. The fraction of sp³-hybridized carbons (Fsp3) is 0.435. The number of rotatable bonds is 5. The van der Waals surface area contributed by atoms with Crippen molar-refractivity contribution in [2.75, 3.05) is 23.3 Å². The smallest absolute Gasteiger partial charge is 0.172 e. The molecule has 0 spiro atoms. The van der Waals surface area contributed by atoms with Crippen LogP contribution in [-0.4, -0.2) is 34.1 Å². The molecule has 1 saturated carbocycles. The molecular weight excluding hydrogens is 403 g/mol. The van der Waals surface area contributed by atoms with Gasteiger partial charge >= 0.3 is 0 Å². The van der Waals surface area contributed by atoms with Gasteiger partial charge in [0.15, 0.2) is 11.6 Å². The molecule has 2 fully saturated rings. The summed E-state index contributed by atoms with van der Waals surface area (Å²) in [5, 5.41) is 3.47. The van der Waals surface area contributed by atoms with E-state index in [0.717, 1.165) is 53.9 Å². The van der Waals surface area contributed by atoms with Crippen LogP contribution in [0.4, 0.5) is 24.8 Å². The molecule has 162 valence electrons. The van der Waals surface area contributed by atoms with Crippen LogP contribution in [0.25, 0.3) is 11.0 Å². The van der Waals surface area contributed by atoms with E-state index in [0.29, 0.717) is 37.5 Å². The van der Waals surface area contributed by atoms with Gasteiger partial charge in [-0.1, -0.05) is 0 Å². The van der Waals surface area contributed by atoms with Gasteiger partial charge in [0.05, 0.1) is 11.7 Å². The second kappa shape index (κ2) is 7.98. The first-order valence-electron chi connectivity index (χ1n) is 10.7. The van der Waals surface area contributed by atoms with E-state index in [1.807, 2.05) is 13.0 Å². The molecule has 1 aliphatic heterocycles. The van der Waals surface area contributed by atoms with Crippen molar-refractivity contribution in [3.8, 4) is 0 Å². The summed E-state index contributed by atoms with van der Waals surface area (Å²) in [5.74, 6) is -0.203. The second-order valence-electron chi connectivity index (χ2n) is 8.52. The number of nitrogens with zero attached hydrogens (tertiary/aromatic N) is 4. The minimum atomic E-state index is -1.53. The molecule has 31 heavy (non-hydrogen) atoms. The molecule has 5 rings (SSSR count). The number of halogens is 3. The molecule has 1 atom stereocenters. The number of pyridine rings is 1. The van der Waals surface area contributed by atoms with Crippen LogP contribution in [0, 0.1) is 24.5 Å². The van der Waals surface area contributed by atoms with E-state index >= 15 is 4.39 Å². The van der Waals surface area contributed by atoms with E-state index in [9.17, 15) is 8.78 Å². The third kappa shape index (κ3) is 4.16. The Morgan fingerprint density at radius 1 is 1.03 bits per heavy atom. The number of benzene rings is 1. The highest BCUT2D eigenvalue weighted by molar-refractivity contribution is 5.80. The van der Waals surface area contributed by atoms with Gasteiger partial charge in [0.2, 0.25) is 0 Å². The summed E-state index contributed by atoms with van der Waals surface area (Å²) >= 11 is 0. The first-order chi connectivity index (χ1) is 15.0. The molecule has 2 aromatic heterocycles. The normalized spacial score (nSPS) is 18.4. The van der Waals surface area contributed by atoms with Crippen molar-refractivity contribution in [3.63, 3.8) is 0 Å². The number of hydrogen-bond acceptors (Lipinski definition) is 5. The Morgan fingerprint density at radius 3 is 2.55 bits per heavy atom. The summed E-state index contributed by atoms with van der Waals surface area (Å²) in [6.45, 7) is 3.06. The van der Waals surface area contributed by atoms with E-state index in [2.05, 4.69) is 15.2 Å². The molecule has 0 bridgehead atoms. The highest BCUT2D eigenvalue weighted by Gasteiger charge is 2.32. The number of hydrogen-bond donors (Lipinski definition) is 1. The van der Waals surface area contributed by atoms with Crippen molar-refractivity contribution in [2.24, 2.45) is 5.92 Å². The summed E-state index contributed by atoms with van der Waals surface area (Å²) in [4.78, 5) is 16.0. The fourth-order valence-corrected chi connectivity index (χ4v) is 4.17. The second-order valence-corrected chi connectivity index (χ2v) is 8.52. The SMILES string of the molecule is Cc1cc2nc(NC3CC3)c(N3CCC([C@@H](F)c4cc(F)ccc4F)CC3)nc2cn1. The number of alkyl halides is 1. The lowest BCUT2D eigenvalue weighted by Crippen LogP contribution is -2.36. The van der Waals surface area contributed by atoms with E-state index in [1.165, 1.54) is 0 Å². The minimum absolute atomic E-state index is 0.193.